The van der Waals surface area contributed by atoms with Crippen molar-refractivity contribution in [2.24, 2.45) is 0 Å². The highest BCUT2D eigenvalue weighted by Crippen LogP contribution is 2.32. The van der Waals surface area contributed by atoms with Gasteiger partial charge in [0.2, 0.25) is 11.4 Å². The number of benzene rings is 2. The largest absolute Gasteiger partial charge is 0.438 e. The number of aromatic nitrogens is 4. The van der Waals surface area contributed by atoms with Gasteiger partial charge in [0.05, 0.1) is 17.3 Å². The fraction of sp³-hybridized carbons (Fsp3) is 0. The highest BCUT2D eigenvalue weighted by atomic mass is 16.3. The molecule has 4 heterocycles. The first-order chi connectivity index (χ1) is 12.9. The summed E-state index contributed by atoms with van der Waals surface area (Å²) in [6.45, 7) is 0. The Kier molecular flexibility index (Phi) is 2.52. The molecule has 2 aromatic carbocycles. The maximum Gasteiger partial charge on any atom is 0.246 e. The predicted molar refractivity (Wildman–Crippen MR) is 97.6 cm³/mol. The molecule has 6 heteroatoms. The van der Waals surface area contributed by atoms with Gasteiger partial charge in [-0.3, -0.25) is 0 Å². The number of rotatable bonds is 1. The third-order valence-electron chi connectivity index (χ3n) is 4.54. The standard InChI is InChI=1S/C20H10N4O2/c1-2-4-16-13(3-1)18-20(25-16)22-9-15(24-18)11-5-6-12-14-8-21-10-23-19(14)26-17(12)7-11/h1-10H. The Morgan fingerprint density at radius 1 is 0.731 bits per heavy atom. The smallest absolute Gasteiger partial charge is 0.246 e. The van der Waals surface area contributed by atoms with Gasteiger partial charge in [-0.25, -0.2) is 19.9 Å². The minimum atomic E-state index is 0.537. The molecule has 0 saturated carbocycles. The molecule has 0 aliphatic rings. The minimum Gasteiger partial charge on any atom is -0.438 e. The van der Waals surface area contributed by atoms with Crippen LogP contribution in [-0.2, 0) is 0 Å². The lowest BCUT2D eigenvalue weighted by atomic mass is 10.1. The van der Waals surface area contributed by atoms with Gasteiger partial charge in [0.15, 0.2) is 0 Å². The van der Waals surface area contributed by atoms with Gasteiger partial charge in [0, 0.05) is 22.5 Å². The summed E-state index contributed by atoms with van der Waals surface area (Å²) in [5, 5.41) is 2.83. The minimum absolute atomic E-state index is 0.537. The fourth-order valence-corrected chi connectivity index (χ4v) is 3.30. The van der Waals surface area contributed by atoms with Gasteiger partial charge in [0.25, 0.3) is 0 Å². The van der Waals surface area contributed by atoms with E-state index in [4.69, 9.17) is 13.8 Å². The lowest BCUT2D eigenvalue weighted by Crippen LogP contribution is -1.86. The van der Waals surface area contributed by atoms with E-state index in [9.17, 15) is 0 Å². The van der Waals surface area contributed by atoms with Crippen molar-refractivity contribution in [3.8, 4) is 11.3 Å². The van der Waals surface area contributed by atoms with E-state index in [1.165, 1.54) is 6.33 Å². The second-order valence-corrected chi connectivity index (χ2v) is 6.06. The third-order valence-corrected chi connectivity index (χ3v) is 4.54. The summed E-state index contributed by atoms with van der Waals surface area (Å²) >= 11 is 0. The molecule has 6 nitrogen and oxygen atoms in total. The molecule has 0 radical (unpaired) electrons. The van der Waals surface area contributed by atoms with Crippen LogP contribution in [0.15, 0.2) is 70.0 Å². The molecular formula is C20H10N4O2. The SMILES string of the molecule is c1ccc2c(c1)oc1ncc(-c3ccc4c(c3)oc3ncncc34)nc12. The van der Waals surface area contributed by atoms with Crippen molar-refractivity contribution in [1.29, 1.82) is 0 Å². The molecule has 0 N–H and O–H groups in total. The van der Waals surface area contributed by atoms with E-state index in [-0.39, 0.29) is 0 Å². The molecule has 0 aliphatic carbocycles. The van der Waals surface area contributed by atoms with E-state index >= 15 is 0 Å². The van der Waals surface area contributed by atoms with Gasteiger partial charge in [-0.1, -0.05) is 18.2 Å². The van der Waals surface area contributed by atoms with Crippen LogP contribution in [0.1, 0.15) is 0 Å². The average Bonchev–Trinajstić information content (AvgIpc) is 3.25. The molecule has 0 atom stereocenters. The quantitative estimate of drug-likeness (QED) is 0.431. The number of para-hydroxylation sites is 1. The Labute approximate surface area is 146 Å². The monoisotopic (exact) mass is 338 g/mol. The van der Waals surface area contributed by atoms with Gasteiger partial charge in [-0.05, 0) is 24.3 Å². The molecule has 0 bridgehead atoms. The van der Waals surface area contributed by atoms with E-state index in [1.54, 1.807) is 12.4 Å². The topological polar surface area (TPSA) is 77.8 Å². The molecule has 6 rings (SSSR count). The van der Waals surface area contributed by atoms with Crippen LogP contribution >= 0.6 is 0 Å². The summed E-state index contributed by atoms with van der Waals surface area (Å²) in [5.41, 5.74) is 5.09. The van der Waals surface area contributed by atoms with Crippen LogP contribution < -0.4 is 0 Å². The van der Waals surface area contributed by atoms with Crippen LogP contribution in [0.25, 0.3) is 55.5 Å². The molecule has 0 amide bonds. The summed E-state index contributed by atoms with van der Waals surface area (Å²) in [4.78, 5) is 17.4. The van der Waals surface area contributed by atoms with Crippen molar-refractivity contribution in [2.75, 3.05) is 0 Å². The van der Waals surface area contributed by atoms with Gasteiger partial charge in [-0.15, -0.1) is 0 Å². The Morgan fingerprint density at radius 2 is 1.65 bits per heavy atom. The summed E-state index contributed by atoms with van der Waals surface area (Å²) in [7, 11) is 0. The van der Waals surface area contributed by atoms with Crippen molar-refractivity contribution in [3.63, 3.8) is 0 Å². The van der Waals surface area contributed by atoms with Crippen LogP contribution in [0.5, 0.6) is 0 Å². The fourth-order valence-electron chi connectivity index (χ4n) is 3.30. The van der Waals surface area contributed by atoms with E-state index < -0.39 is 0 Å². The highest BCUT2D eigenvalue weighted by molar-refractivity contribution is 6.04. The number of fused-ring (bicyclic) bond motifs is 6. The molecule has 26 heavy (non-hydrogen) atoms. The molecule has 122 valence electrons. The number of hydrogen-bond acceptors (Lipinski definition) is 6. The predicted octanol–water partition coefficient (Wildman–Crippen LogP) is 4.73. The van der Waals surface area contributed by atoms with E-state index in [2.05, 4.69) is 15.0 Å². The Hall–Kier alpha value is -3.80. The normalized spacial score (nSPS) is 11.8. The number of hydrogen-bond donors (Lipinski definition) is 0. The van der Waals surface area contributed by atoms with Crippen LogP contribution in [0, 0.1) is 0 Å². The summed E-state index contributed by atoms with van der Waals surface area (Å²) < 4.78 is 11.6. The van der Waals surface area contributed by atoms with Crippen LogP contribution in [-0.4, -0.2) is 19.9 Å². The summed E-state index contributed by atoms with van der Waals surface area (Å²) in [5.74, 6) is 0. The van der Waals surface area contributed by atoms with E-state index in [1.807, 2.05) is 42.5 Å². The molecular weight excluding hydrogens is 328 g/mol. The van der Waals surface area contributed by atoms with Crippen LogP contribution in [0.3, 0.4) is 0 Å². The molecule has 0 saturated heterocycles. The second kappa shape index (κ2) is 4.86. The lowest BCUT2D eigenvalue weighted by molar-refractivity contribution is 0.653. The molecule has 0 unspecified atom stereocenters. The molecule has 4 aromatic heterocycles. The summed E-state index contributed by atoms with van der Waals surface area (Å²) in [6, 6.07) is 13.8. The number of furan rings is 2. The maximum atomic E-state index is 5.84. The molecule has 0 aliphatic heterocycles. The van der Waals surface area contributed by atoms with Gasteiger partial charge in [-0.2, -0.15) is 0 Å². The zero-order valence-corrected chi connectivity index (χ0v) is 13.4. The van der Waals surface area contributed by atoms with Gasteiger partial charge < -0.3 is 8.83 Å². The Balaban J connectivity index is 1.59. The Bertz CT molecular complexity index is 1450. The maximum absolute atomic E-state index is 5.84. The van der Waals surface area contributed by atoms with Gasteiger partial charge in [0.1, 0.15) is 23.0 Å². The third kappa shape index (κ3) is 1.81. The average molecular weight is 338 g/mol. The molecule has 6 aromatic rings. The van der Waals surface area contributed by atoms with Crippen molar-refractivity contribution in [2.45, 2.75) is 0 Å². The first-order valence-electron chi connectivity index (χ1n) is 8.14. The Morgan fingerprint density at radius 3 is 2.65 bits per heavy atom. The molecule has 0 spiro atoms. The number of nitrogens with zero attached hydrogens (tertiary/aromatic N) is 4. The first-order valence-corrected chi connectivity index (χ1v) is 8.14. The summed E-state index contributed by atoms with van der Waals surface area (Å²) in [6.07, 6.45) is 4.96. The lowest BCUT2D eigenvalue weighted by Gasteiger charge is -2.00. The second-order valence-electron chi connectivity index (χ2n) is 6.06. The van der Waals surface area contributed by atoms with Crippen molar-refractivity contribution in [3.05, 3.63) is 61.2 Å². The highest BCUT2D eigenvalue weighted by Gasteiger charge is 2.13. The van der Waals surface area contributed by atoms with Crippen LogP contribution in [0.4, 0.5) is 0 Å². The van der Waals surface area contributed by atoms with Gasteiger partial charge >= 0.3 is 0 Å². The zero-order chi connectivity index (χ0) is 17.1. The zero-order valence-electron chi connectivity index (χ0n) is 13.4. The molecule has 0 fully saturated rings. The van der Waals surface area contributed by atoms with Crippen molar-refractivity contribution >= 4 is 44.3 Å². The van der Waals surface area contributed by atoms with Crippen LogP contribution in [0.2, 0.25) is 0 Å². The van der Waals surface area contributed by atoms with E-state index in [0.717, 1.165) is 44.1 Å². The van der Waals surface area contributed by atoms with Crippen molar-refractivity contribution < 1.29 is 8.83 Å². The first kappa shape index (κ1) is 13.5. The van der Waals surface area contributed by atoms with Crippen molar-refractivity contribution in [1.82, 2.24) is 19.9 Å². The van der Waals surface area contributed by atoms with E-state index in [0.29, 0.717) is 11.4 Å².